The summed E-state index contributed by atoms with van der Waals surface area (Å²) in [7, 11) is -0.750. The van der Waals surface area contributed by atoms with E-state index < -0.39 is 10.8 Å². The summed E-state index contributed by atoms with van der Waals surface area (Å²) in [5, 5.41) is 3.56. The van der Waals surface area contributed by atoms with E-state index in [1.54, 1.807) is 0 Å². The number of aromatic nitrogens is 4. The van der Waals surface area contributed by atoms with Crippen LogP contribution in [0.3, 0.4) is 0 Å². The van der Waals surface area contributed by atoms with E-state index in [4.69, 9.17) is 11.6 Å². The van der Waals surface area contributed by atoms with Gasteiger partial charge >= 0.3 is 0 Å². The lowest BCUT2D eigenvalue weighted by Crippen LogP contribution is -2.38. The Hall–Kier alpha value is -1.54. The van der Waals surface area contributed by atoms with Crippen LogP contribution in [0.2, 0.25) is 5.28 Å². The van der Waals surface area contributed by atoms with Gasteiger partial charge in [-0.05, 0) is 18.0 Å². The van der Waals surface area contributed by atoms with Gasteiger partial charge in [0.2, 0.25) is 5.28 Å². The second kappa shape index (κ2) is 10.1. The average molecular weight is 411 g/mol. The van der Waals surface area contributed by atoms with Gasteiger partial charge in [0.25, 0.3) is 0 Å². The summed E-state index contributed by atoms with van der Waals surface area (Å²) in [4.78, 5) is 19.6. The summed E-state index contributed by atoms with van der Waals surface area (Å²) in [5.74, 6) is 2.67. The van der Waals surface area contributed by atoms with Crippen molar-refractivity contribution in [3.8, 4) is 0 Å². The number of hydrogen-bond acceptors (Lipinski definition) is 7. The van der Waals surface area contributed by atoms with E-state index >= 15 is 0 Å². The molecule has 2 aromatic heterocycles. The van der Waals surface area contributed by atoms with E-state index in [0.717, 1.165) is 13.0 Å². The van der Waals surface area contributed by atoms with Gasteiger partial charge in [-0.25, -0.2) is 15.0 Å². The summed E-state index contributed by atoms with van der Waals surface area (Å²) in [5.41, 5.74) is 1.33. The van der Waals surface area contributed by atoms with Crippen LogP contribution in [0, 0.1) is 0 Å². The third-order valence-electron chi connectivity index (χ3n) is 4.74. The molecular formula is C18H27ClN6OS. The smallest absolute Gasteiger partial charge is 0.225 e. The van der Waals surface area contributed by atoms with Crippen molar-refractivity contribution in [2.75, 3.05) is 41.4 Å². The molecule has 0 aromatic carbocycles. The SMILES string of the molecule is CCCCCCCCNc1ncnc2c(N3CCS(=O)CC3)nc(Cl)nc12. The highest BCUT2D eigenvalue weighted by Crippen LogP contribution is 2.27. The molecule has 1 aliphatic rings. The topological polar surface area (TPSA) is 83.9 Å². The van der Waals surface area contributed by atoms with Gasteiger partial charge in [0, 0.05) is 41.9 Å². The minimum absolute atomic E-state index is 0.182. The second-order valence-electron chi connectivity index (χ2n) is 6.77. The molecule has 0 spiro atoms. The predicted molar refractivity (Wildman–Crippen MR) is 112 cm³/mol. The van der Waals surface area contributed by atoms with Gasteiger partial charge in [0.05, 0.1) is 0 Å². The van der Waals surface area contributed by atoms with Crippen molar-refractivity contribution in [3.05, 3.63) is 11.6 Å². The van der Waals surface area contributed by atoms with Crippen LogP contribution in [0.15, 0.2) is 6.33 Å². The number of nitrogens with zero attached hydrogens (tertiary/aromatic N) is 5. The number of halogens is 1. The predicted octanol–water partition coefficient (Wildman–Crippen LogP) is 3.41. The fraction of sp³-hybridized carbons (Fsp3) is 0.667. The Morgan fingerprint density at radius 2 is 1.81 bits per heavy atom. The molecular weight excluding hydrogens is 384 g/mol. The Bertz CT molecular complexity index is 780. The number of anilines is 2. The minimum Gasteiger partial charge on any atom is -0.368 e. The molecule has 1 aliphatic heterocycles. The Morgan fingerprint density at radius 1 is 1.07 bits per heavy atom. The molecule has 2 aromatic rings. The molecule has 1 fully saturated rings. The van der Waals surface area contributed by atoms with Crippen LogP contribution in [-0.4, -0.2) is 55.3 Å². The normalized spacial score (nSPS) is 15.4. The highest BCUT2D eigenvalue weighted by Gasteiger charge is 2.21. The Balaban J connectivity index is 1.71. The molecule has 3 heterocycles. The standard InChI is InChI=1S/C18H27ClN6OS/c1-2-3-4-5-6-7-8-20-16-14-15(21-13-22-16)17(24-18(19)23-14)25-9-11-27(26)12-10-25/h13H,2-12H2,1H3,(H,20,21,22). The number of fused-ring (bicyclic) bond motifs is 1. The first-order chi connectivity index (χ1) is 13.2. The van der Waals surface area contributed by atoms with Crippen LogP contribution in [0.25, 0.3) is 11.0 Å². The first kappa shape index (κ1) is 20.2. The molecule has 0 unspecified atom stereocenters. The molecule has 3 rings (SSSR count). The van der Waals surface area contributed by atoms with E-state index in [9.17, 15) is 4.21 Å². The Labute approximate surface area is 167 Å². The van der Waals surface area contributed by atoms with Crippen molar-refractivity contribution in [2.45, 2.75) is 45.4 Å². The van der Waals surface area contributed by atoms with Crippen LogP contribution >= 0.6 is 11.6 Å². The van der Waals surface area contributed by atoms with Gasteiger partial charge in [-0.2, -0.15) is 4.98 Å². The summed E-state index contributed by atoms with van der Waals surface area (Å²) < 4.78 is 11.6. The maximum atomic E-state index is 11.6. The Morgan fingerprint density at radius 3 is 2.59 bits per heavy atom. The number of unbranched alkanes of at least 4 members (excludes halogenated alkanes) is 5. The molecule has 7 nitrogen and oxygen atoms in total. The molecule has 9 heteroatoms. The average Bonchev–Trinajstić information content (AvgIpc) is 2.67. The van der Waals surface area contributed by atoms with Crippen molar-refractivity contribution in [1.82, 2.24) is 19.9 Å². The highest BCUT2D eigenvalue weighted by molar-refractivity contribution is 7.85. The maximum Gasteiger partial charge on any atom is 0.225 e. The summed E-state index contributed by atoms with van der Waals surface area (Å²) >= 11 is 6.18. The molecule has 1 N–H and O–H groups in total. The quantitative estimate of drug-likeness (QED) is 0.500. The summed E-state index contributed by atoms with van der Waals surface area (Å²) in [6, 6.07) is 0. The molecule has 0 radical (unpaired) electrons. The van der Waals surface area contributed by atoms with Gasteiger partial charge in [-0.3, -0.25) is 4.21 Å². The first-order valence-electron chi connectivity index (χ1n) is 9.71. The largest absolute Gasteiger partial charge is 0.368 e. The number of nitrogens with one attached hydrogen (secondary N) is 1. The third-order valence-corrected chi connectivity index (χ3v) is 6.18. The van der Waals surface area contributed by atoms with Gasteiger partial charge in [0.1, 0.15) is 17.4 Å². The van der Waals surface area contributed by atoms with Gasteiger partial charge in [-0.15, -0.1) is 0 Å². The van der Waals surface area contributed by atoms with Gasteiger partial charge < -0.3 is 10.2 Å². The molecule has 0 bridgehead atoms. The van der Waals surface area contributed by atoms with E-state index in [0.29, 0.717) is 47.3 Å². The molecule has 148 valence electrons. The van der Waals surface area contributed by atoms with Crippen LogP contribution in [0.1, 0.15) is 45.4 Å². The Kier molecular flexibility index (Phi) is 7.58. The van der Waals surface area contributed by atoms with Crippen molar-refractivity contribution in [2.24, 2.45) is 0 Å². The van der Waals surface area contributed by atoms with Crippen LogP contribution < -0.4 is 10.2 Å². The molecule has 0 saturated carbocycles. The van der Waals surface area contributed by atoms with Crippen LogP contribution in [0.4, 0.5) is 11.6 Å². The van der Waals surface area contributed by atoms with Gasteiger partial charge in [0.15, 0.2) is 11.6 Å². The van der Waals surface area contributed by atoms with Crippen LogP contribution in [-0.2, 0) is 10.8 Å². The van der Waals surface area contributed by atoms with E-state index in [2.05, 4.69) is 37.1 Å². The minimum atomic E-state index is -0.750. The monoisotopic (exact) mass is 410 g/mol. The second-order valence-corrected chi connectivity index (χ2v) is 8.80. The number of hydrogen-bond donors (Lipinski definition) is 1. The molecule has 0 amide bonds. The fourth-order valence-corrected chi connectivity index (χ4v) is 4.43. The lowest BCUT2D eigenvalue weighted by atomic mass is 10.1. The zero-order valence-corrected chi connectivity index (χ0v) is 17.4. The molecule has 1 saturated heterocycles. The van der Waals surface area contributed by atoms with Crippen LogP contribution in [0.5, 0.6) is 0 Å². The van der Waals surface area contributed by atoms with Crippen molar-refractivity contribution < 1.29 is 4.21 Å². The maximum absolute atomic E-state index is 11.6. The number of rotatable bonds is 9. The molecule has 0 atom stereocenters. The first-order valence-corrected chi connectivity index (χ1v) is 11.6. The van der Waals surface area contributed by atoms with E-state index in [1.165, 1.54) is 38.4 Å². The van der Waals surface area contributed by atoms with E-state index in [1.807, 2.05) is 0 Å². The zero-order valence-electron chi connectivity index (χ0n) is 15.8. The summed E-state index contributed by atoms with van der Waals surface area (Å²) in [6.45, 7) is 4.43. The molecule has 0 aliphatic carbocycles. The van der Waals surface area contributed by atoms with Crippen molar-refractivity contribution in [3.63, 3.8) is 0 Å². The fourth-order valence-electron chi connectivity index (χ4n) is 3.22. The van der Waals surface area contributed by atoms with Gasteiger partial charge in [-0.1, -0.05) is 39.0 Å². The highest BCUT2D eigenvalue weighted by atomic mass is 35.5. The lowest BCUT2D eigenvalue weighted by molar-refractivity contribution is 0.617. The van der Waals surface area contributed by atoms with Crippen molar-refractivity contribution in [1.29, 1.82) is 0 Å². The van der Waals surface area contributed by atoms with E-state index in [-0.39, 0.29) is 5.28 Å². The van der Waals surface area contributed by atoms with Crippen molar-refractivity contribution >= 4 is 45.1 Å². The lowest BCUT2D eigenvalue weighted by Gasteiger charge is -2.27. The molecule has 27 heavy (non-hydrogen) atoms. The summed E-state index contributed by atoms with van der Waals surface area (Å²) in [6.07, 6.45) is 9.00. The zero-order chi connectivity index (χ0) is 19.1. The third kappa shape index (κ3) is 5.48.